The Hall–Kier alpha value is -1.75. The van der Waals surface area contributed by atoms with Gasteiger partial charge in [-0.3, -0.25) is 4.79 Å². The molecule has 1 aromatic rings. The van der Waals surface area contributed by atoms with Crippen molar-refractivity contribution in [1.82, 2.24) is 4.90 Å². The van der Waals surface area contributed by atoms with Gasteiger partial charge in [-0.15, -0.1) is 0 Å². The molecule has 5 heteroatoms. The summed E-state index contributed by atoms with van der Waals surface area (Å²) in [5.74, 6) is 0.431. The van der Waals surface area contributed by atoms with Gasteiger partial charge in [0.1, 0.15) is 5.75 Å². The van der Waals surface area contributed by atoms with Gasteiger partial charge in [0.05, 0.1) is 19.3 Å². The molecular formula is C15H24N2O3. The fraction of sp³-hybridized carbons (Fsp3) is 0.533. The molecule has 0 aliphatic heterocycles. The number of amides is 1. The number of anilines is 1. The number of hydrogen-bond donors (Lipinski definition) is 2. The number of nitrogens with two attached hydrogens (primary N) is 1. The fourth-order valence-corrected chi connectivity index (χ4v) is 2.29. The average Bonchev–Trinajstić information content (AvgIpc) is 2.47. The summed E-state index contributed by atoms with van der Waals surface area (Å²) < 4.78 is 5.14. The third kappa shape index (κ3) is 3.63. The summed E-state index contributed by atoms with van der Waals surface area (Å²) in [5.41, 5.74) is 6.74. The number of benzene rings is 1. The number of hydrogen-bond acceptors (Lipinski definition) is 4. The van der Waals surface area contributed by atoms with E-state index in [9.17, 15) is 9.90 Å². The molecule has 1 amide bonds. The van der Waals surface area contributed by atoms with Crippen molar-refractivity contribution in [2.24, 2.45) is 0 Å². The van der Waals surface area contributed by atoms with E-state index in [4.69, 9.17) is 10.5 Å². The highest BCUT2D eigenvalue weighted by molar-refractivity contribution is 5.99. The van der Waals surface area contributed by atoms with Gasteiger partial charge in [-0.05, 0) is 31.0 Å². The lowest BCUT2D eigenvalue weighted by atomic mass is 10.1. The third-order valence-corrected chi connectivity index (χ3v) is 3.48. The van der Waals surface area contributed by atoms with Crippen molar-refractivity contribution >= 4 is 11.6 Å². The van der Waals surface area contributed by atoms with Crippen molar-refractivity contribution in [3.63, 3.8) is 0 Å². The summed E-state index contributed by atoms with van der Waals surface area (Å²) in [6, 6.07) is 5.13. The normalized spacial score (nSPS) is 10.7. The van der Waals surface area contributed by atoms with Crippen molar-refractivity contribution in [3.8, 4) is 5.75 Å². The topological polar surface area (TPSA) is 75.8 Å². The van der Waals surface area contributed by atoms with Crippen LogP contribution in [0.5, 0.6) is 5.75 Å². The zero-order valence-electron chi connectivity index (χ0n) is 12.4. The minimum atomic E-state index is -0.163. The number of ether oxygens (including phenoxy) is 1. The molecule has 5 nitrogen and oxygen atoms in total. The van der Waals surface area contributed by atoms with Crippen LogP contribution in [0.4, 0.5) is 5.69 Å². The molecule has 0 saturated carbocycles. The molecule has 1 aromatic carbocycles. The second kappa shape index (κ2) is 7.75. The van der Waals surface area contributed by atoms with E-state index in [0.717, 1.165) is 12.8 Å². The number of aliphatic hydroxyl groups excluding tert-OH is 1. The zero-order chi connectivity index (χ0) is 15.1. The van der Waals surface area contributed by atoms with E-state index in [1.54, 1.807) is 30.2 Å². The first-order chi connectivity index (χ1) is 9.58. The van der Waals surface area contributed by atoms with E-state index >= 15 is 0 Å². The number of rotatable bonds is 7. The lowest BCUT2D eigenvalue weighted by Crippen LogP contribution is -2.41. The van der Waals surface area contributed by atoms with Gasteiger partial charge in [0, 0.05) is 18.3 Å². The summed E-state index contributed by atoms with van der Waals surface area (Å²) >= 11 is 0. The molecule has 112 valence electrons. The van der Waals surface area contributed by atoms with Gasteiger partial charge in [-0.2, -0.15) is 0 Å². The van der Waals surface area contributed by atoms with Crippen LogP contribution in [0.3, 0.4) is 0 Å². The number of nitrogens with zero attached hydrogens (tertiary/aromatic N) is 1. The molecule has 0 aliphatic rings. The van der Waals surface area contributed by atoms with Crippen LogP contribution in [0, 0.1) is 0 Å². The van der Waals surface area contributed by atoms with Crippen LogP contribution >= 0.6 is 0 Å². The maximum atomic E-state index is 12.7. The van der Waals surface area contributed by atoms with Crippen molar-refractivity contribution in [2.75, 3.05) is 26.0 Å². The van der Waals surface area contributed by atoms with Gasteiger partial charge in [0.25, 0.3) is 5.91 Å². The maximum absolute atomic E-state index is 12.7. The van der Waals surface area contributed by atoms with E-state index < -0.39 is 0 Å². The predicted octanol–water partition coefficient (Wildman–Crippen LogP) is 1.90. The number of methoxy groups -OCH3 is 1. The number of carbonyl (C=O) groups is 1. The highest BCUT2D eigenvalue weighted by atomic mass is 16.5. The van der Waals surface area contributed by atoms with Crippen LogP contribution in [-0.4, -0.2) is 42.2 Å². The third-order valence-electron chi connectivity index (χ3n) is 3.48. The lowest BCUT2D eigenvalue weighted by molar-refractivity contribution is 0.0623. The minimum Gasteiger partial charge on any atom is -0.497 e. The van der Waals surface area contributed by atoms with Crippen molar-refractivity contribution in [1.29, 1.82) is 0 Å². The van der Waals surface area contributed by atoms with Crippen LogP contribution in [-0.2, 0) is 0 Å². The van der Waals surface area contributed by atoms with Gasteiger partial charge in [0.15, 0.2) is 0 Å². The van der Waals surface area contributed by atoms with Crippen LogP contribution in [0.2, 0.25) is 0 Å². The summed E-state index contributed by atoms with van der Waals surface area (Å²) in [7, 11) is 1.55. The Labute approximate surface area is 120 Å². The van der Waals surface area contributed by atoms with Gasteiger partial charge in [0.2, 0.25) is 0 Å². The molecule has 0 saturated heterocycles. The van der Waals surface area contributed by atoms with Crippen molar-refractivity contribution < 1.29 is 14.6 Å². The summed E-state index contributed by atoms with van der Waals surface area (Å²) in [6.45, 7) is 4.30. The molecule has 0 unspecified atom stereocenters. The molecule has 0 aromatic heterocycles. The number of aliphatic hydroxyl groups is 1. The lowest BCUT2D eigenvalue weighted by Gasteiger charge is -2.30. The highest BCUT2D eigenvalue weighted by Gasteiger charge is 2.23. The van der Waals surface area contributed by atoms with Crippen LogP contribution in [0.25, 0.3) is 0 Å². The Morgan fingerprint density at radius 3 is 2.55 bits per heavy atom. The molecule has 0 atom stereocenters. The van der Waals surface area contributed by atoms with E-state index in [-0.39, 0.29) is 18.6 Å². The van der Waals surface area contributed by atoms with E-state index in [0.29, 0.717) is 23.5 Å². The largest absolute Gasteiger partial charge is 0.497 e. The van der Waals surface area contributed by atoms with Gasteiger partial charge >= 0.3 is 0 Å². The van der Waals surface area contributed by atoms with Crippen LogP contribution in [0.1, 0.15) is 37.0 Å². The molecule has 1 rings (SSSR count). The number of nitrogen functional groups attached to an aromatic ring is 1. The summed E-state index contributed by atoms with van der Waals surface area (Å²) in [6.07, 6.45) is 1.68. The first-order valence-electron chi connectivity index (χ1n) is 6.94. The van der Waals surface area contributed by atoms with Gasteiger partial charge in [-0.1, -0.05) is 13.8 Å². The van der Waals surface area contributed by atoms with Crippen molar-refractivity contribution in [2.45, 2.75) is 32.7 Å². The minimum absolute atomic E-state index is 0.0634. The van der Waals surface area contributed by atoms with E-state index in [1.165, 1.54) is 0 Å². The zero-order valence-corrected chi connectivity index (χ0v) is 12.4. The number of carbonyl (C=O) groups excluding carboxylic acids is 1. The second-order valence-corrected chi connectivity index (χ2v) is 4.65. The standard InChI is InChI=1S/C15H24N2O3/c1-4-11(5-2)17(8-9-18)15(19)13-10-12(20-3)6-7-14(13)16/h6-7,10-11,18H,4-5,8-9,16H2,1-3H3. The SMILES string of the molecule is CCC(CC)N(CCO)C(=O)c1cc(OC)ccc1N. The maximum Gasteiger partial charge on any atom is 0.256 e. The van der Waals surface area contributed by atoms with Gasteiger partial charge < -0.3 is 20.5 Å². The smallest absolute Gasteiger partial charge is 0.256 e. The molecule has 0 bridgehead atoms. The molecule has 0 aliphatic carbocycles. The molecule has 20 heavy (non-hydrogen) atoms. The molecule has 0 spiro atoms. The van der Waals surface area contributed by atoms with Gasteiger partial charge in [-0.25, -0.2) is 0 Å². The quantitative estimate of drug-likeness (QED) is 0.748. The predicted molar refractivity (Wildman–Crippen MR) is 79.9 cm³/mol. The Bertz CT molecular complexity index is 445. The Morgan fingerprint density at radius 2 is 2.05 bits per heavy atom. The first kappa shape index (κ1) is 16.3. The van der Waals surface area contributed by atoms with Crippen molar-refractivity contribution in [3.05, 3.63) is 23.8 Å². The Morgan fingerprint density at radius 1 is 1.40 bits per heavy atom. The molecule has 3 N–H and O–H groups in total. The second-order valence-electron chi connectivity index (χ2n) is 4.65. The monoisotopic (exact) mass is 280 g/mol. The van der Waals surface area contributed by atoms with Crippen LogP contribution in [0.15, 0.2) is 18.2 Å². The molecule has 0 radical (unpaired) electrons. The van der Waals surface area contributed by atoms with E-state index in [2.05, 4.69) is 0 Å². The van der Waals surface area contributed by atoms with E-state index in [1.807, 2.05) is 13.8 Å². The average molecular weight is 280 g/mol. The fourth-order valence-electron chi connectivity index (χ4n) is 2.29. The first-order valence-corrected chi connectivity index (χ1v) is 6.94. The summed E-state index contributed by atoms with van der Waals surface area (Å²) in [5, 5.41) is 9.19. The Balaban J connectivity index is 3.11. The summed E-state index contributed by atoms with van der Waals surface area (Å²) in [4.78, 5) is 14.3. The molecule has 0 heterocycles. The highest BCUT2D eigenvalue weighted by Crippen LogP contribution is 2.23. The van der Waals surface area contributed by atoms with Crippen LogP contribution < -0.4 is 10.5 Å². The molecule has 0 fully saturated rings. The molecular weight excluding hydrogens is 256 g/mol. The Kier molecular flexibility index (Phi) is 6.31.